The summed E-state index contributed by atoms with van der Waals surface area (Å²) in [6.07, 6.45) is 0. The molecule has 1 aliphatic rings. The summed E-state index contributed by atoms with van der Waals surface area (Å²) in [6.45, 7) is 8.55. The predicted octanol–water partition coefficient (Wildman–Crippen LogP) is 2.97. The van der Waals surface area contributed by atoms with Crippen LogP contribution in [0.3, 0.4) is 0 Å². The molecule has 0 saturated carbocycles. The fourth-order valence-electron chi connectivity index (χ4n) is 4.12. The number of nitrogens with zero attached hydrogens (tertiary/aromatic N) is 3. The Bertz CT molecular complexity index is 1000. The second kappa shape index (κ2) is 11.6. The Balaban J connectivity index is 1.80. The number of anilines is 1. The lowest BCUT2D eigenvalue weighted by atomic mass is 10.0. The molecule has 3 rings (SSSR count). The van der Waals surface area contributed by atoms with E-state index in [1.165, 1.54) is 8.61 Å². The van der Waals surface area contributed by atoms with Crippen molar-refractivity contribution in [1.29, 1.82) is 0 Å². The molecule has 33 heavy (non-hydrogen) atoms. The quantitative estimate of drug-likeness (QED) is 0.573. The van der Waals surface area contributed by atoms with Crippen LogP contribution in [0.2, 0.25) is 0 Å². The number of benzene rings is 2. The van der Waals surface area contributed by atoms with E-state index in [0.717, 1.165) is 5.56 Å². The van der Waals surface area contributed by atoms with Gasteiger partial charge in [-0.15, -0.1) is 0 Å². The lowest BCUT2D eigenvalue weighted by Crippen LogP contribution is -2.54. The van der Waals surface area contributed by atoms with Gasteiger partial charge in [-0.05, 0) is 24.6 Å². The zero-order valence-electron chi connectivity index (χ0n) is 19.6. The normalized spacial score (nSPS) is 16.5. The standard InChI is InChI=1S/C24H34N4O4S/c1-4-27(5-2)33(30,31)28-18-16-26(17-19-28)23(20-12-8-7-9-13-20)24(29)25-21-14-10-11-15-22(21)32-6-3/h7-15,23H,4-6,16-19H2,1-3H3,(H,25,29). The van der Waals surface area contributed by atoms with Crippen LogP contribution in [-0.4, -0.2) is 73.7 Å². The van der Waals surface area contributed by atoms with Crippen LogP contribution in [-0.2, 0) is 15.0 Å². The number of amides is 1. The van der Waals surface area contributed by atoms with Gasteiger partial charge in [0.05, 0.1) is 12.3 Å². The van der Waals surface area contributed by atoms with Crippen molar-refractivity contribution >= 4 is 21.8 Å². The van der Waals surface area contributed by atoms with Gasteiger partial charge in [0.1, 0.15) is 11.8 Å². The molecule has 1 amide bonds. The number of carbonyl (C=O) groups is 1. The first-order valence-corrected chi connectivity index (χ1v) is 12.9. The summed E-state index contributed by atoms with van der Waals surface area (Å²) in [6, 6.07) is 16.4. The Morgan fingerprint density at radius 1 is 0.970 bits per heavy atom. The zero-order valence-corrected chi connectivity index (χ0v) is 20.4. The molecule has 9 heteroatoms. The number of piperazine rings is 1. The lowest BCUT2D eigenvalue weighted by molar-refractivity contribution is -0.122. The number of rotatable bonds is 10. The van der Waals surface area contributed by atoms with E-state index in [1.807, 2.05) is 80.3 Å². The van der Waals surface area contributed by atoms with Crippen molar-refractivity contribution in [3.63, 3.8) is 0 Å². The fourth-order valence-corrected chi connectivity index (χ4v) is 5.73. The van der Waals surface area contributed by atoms with Crippen molar-refractivity contribution < 1.29 is 17.9 Å². The molecular formula is C24H34N4O4S. The number of carbonyl (C=O) groups excluding carboxylic acids is 1. The minimum absolute atomic E-state index is 0.173. The molecule has 0 aromatic heterocycles. The van der Waals surface area contributed by atoms with Crippen LogP contribution >= 0.6 is 0 Å². The van der Waals surface area contributed by atoms with Crippen molar-refractivity contribution in [2.45, 2.75) is 26.8 Å². The summed E-state index contributed by atoms with van der Waals surface area (Å²) in [7, 11) is -3.50. The van der Waals surface area contributed by atoms with E-state index in [0.29, 0.717) is 57.3 Å². The Kier molecular flexibility index (Phi) is 8.85. The Hall–Kier alpha value is -2.46. The molecule has 180 valence electrons. The van der Waals surface area contributed by atoms with Gasteiger partial charge in [-0.25, -0.2) is 0 Å². The highest BCUT2D eigenvalue weighted by molar-refractivity contribution is 7.86. The fraction of sp³-hybridized carbons (Fsp3) is 0.458. The lowest BCUT2D eigenvalue weighted by Gasteiger charge is -2.39. The number of nitrogens with one attached hydrogen (secondary N) is 1. The predicted molar refractivity (Wildman–Crippen MR) is 130 cm³/mol. The monoisotopic (exact) mass is 474 g/mol. The highest BCUT2D eigenvalue weighted by Gasteiger charge is 2.35. The van der Waals surface area contributed by atoms with Crippen LogP contribution in [0.25, 0.3) is 0 Å². The molecule has 0 radical (unpaired) electrons. The molecule has 0 spiro atoms. The minimum Gasteiger partial charge on any atom is -0.492 e. The average Bonchev–Trinajstić information content (AvgIpc) is 2.82. The molecule has 2 aromatic carbocycles. The van der Waals surface area contributed by atoms with Gasteiger partial charge in [0, 0.05) is 39.3 Å². The first kappa shape index (κ1) is 25.2. The molecule has 1 fully saturated rings. The number of ether oxygens (including phenoxy) is 1. The number of hydrogen-bond acceptors (Lipinski definition) is 5. The molecule has 1 N–H and O–H groups in total. The van der Waals surface area contributed by atoms with Gasteiger partial charge < -0.3 is 10.1 Å². The second-order valence-electron chi connectivity index (χ2n) is 7.76. The molecule has 0 bridgehead atoms. The maximum atomic E-state index is 13.5. The average molecular weight is 475 g/mol. The first-order valence-electron chi connectivity index (χ1n) is 11.5. The van der Waals surface area contributed by atoms with Crippen molar-refractivity contribution in [2.75, 3.05) is 51.2 Å². The van der Waals surface area contributed by atoms with Gasteiger partial charge in [-0.1, -0.05) is 56.3 Å². The van der Waals surface area contributed by atoms with E-state index >= 15 is 0 Å². The molecule has 8 nitrogen and oxygen atoms in total. The van der Waals surface area contributed by atoms with Crippen molar-refractivity contribution in [3.05, 3.63) is 60.2 Å². The van der Waals surface area contributed by atoms with Gasteiger partial charge in [-0.3, -0.25) is 9.69 Å². The number of hydrogen-bond donors (Lipinski definition) is 1. The van der Waals surface area contributed by atoms with Gasteiger partial charge in [0.15, 0.2) is 0 Å². The maximum absolute atomic E-state index is 13.5. The third kappa shape index (κ3) is 5.92. The maximum Gasteiger partial charge on any atom is 0.282 e. The Morgan fingerprint density at radius 2 is 1.58 bits per heavy atom. The molecule has 1 saturated heterocycles. The van der Waals surface area contributed by atoms with E-state index in [4.69, 9.17) is 4.74 Å². The topological polar surface area (TPSA) is 82.2 Å². The molecule has 0 aliphatic carbocycles. The van der Waals surface area contributed by atoms with E-state index in [1.54, 1.807) is 0 Å². The van der Waals surface area contributed by atoms with Crippen LogP contribution in [0, 0.1) is 0 Å². The molecule has 1 atom stereocenters. The number of para-hydroxylation sites is 2. The van der Waals surface area contributed by atoms with Crippen LogP contribution in [0.15, 0.2) is 54.6 Å². The van der Waals surface area contributed by atoms with E-state index in [9.17, 15) is 13.2 Å². The van der Waals surface area contributed by atoms with Gasteiger partial charge >= 0.3 is 0 Å². The summed E-state index contributed by atoms with van der Waals surface area (Å²) in [5, 5.41) is 3.02. The summed E-state index contributed by atoms with van der Waals surface area (Å²) in [5.41, 5.74) is 1.48. The molecular weight excluding hydrogens is 440 g/mol. The molecule has 2 aromatic rings. The summed E-state index contributed by atoms with van der Waals surface area (Å²) in [5.74, 6) is 0.448. The van der Waals surface area contributed by atoms with Crippen LogP contribution in [0.5, 0.6) is 5.75 Å². The van der Waals surface area contributed by atoms with E-state index in [2.05, 4.69) is 5.32 Å². The van der Waals surface area contributed by atoms with Crippen molar-refractivity contribution in [1.82, 2.24) is 13.5 Å². The Morgan fingerprint density at radius 3 is 2.18 bits per heavy atom. The van der Waals surface area contributed by atoms with Crippen molar-refractivity contribution in [3.8, 4) is 5.75 Å². The highest BCUT2D eigenvalue weighted by Crippen LogP contribution is 2.29. The SMILES string of the molecule is CCOc1ccccc1NC(=O)C(c1ccccc1)N1CCN(S(=O)(=O)N(CC)CC)CC1. The third-order valence-corrected chi connectivity index (χ3v) is 7.99. The van der Waals surface area contributed by atoms with Crippen molar-refractivity contribution in [2.24, 2.45) is 0 Å². The van der Waals surface area contributed by atoms with Gasteiger partial charge in [-0.2, -0.15) is 17.0 Å². The first-order chi connectivity index (χ1) is 15.9. The van der Waals surface area contributed by atoms with Crippen LogP contribution < -0.4 is 10.1 Å². The minimum atomic E-state index is -3.50. The highest BCUT2D eigenvalue weighted by atomic mass is 32.2. The van der Waals surface area contributed by atoms with Crippen LogP contribution in [0.4, 0.5) is 5.69 Å². The molecule has 1 unspecified atom stereocenters. The smallest absolute Gasteiger partial charge is 0.282 e. The molecule has 1 aliphatic heterocycles. The summed E-state index contributed by atoms with van der Waals surface area (Å²) < 4.78 is 34.5. The van der Waals surface area contributed by atoms with Gasteiger partial charge in [0.2, 0.25) is 5.91 Å². The second-order valence-corrected chi connectivity index (χ2v) is 9.69. The van der Waals surface area contributed by atoms with Gasteiger partial charge in [0.25, 0.3) is 10.2 Å². The summed E-state index contributed by atoms with van der Waals surface area (Å²) >= 11 is 0. The van der Waals surface area contributed by atoms with Crippen LogP contribution in [0.1, 0.15) is 32.4 Å². The Labute approximate surface area is 197 Å². The van der Waals surface area contributed by atoms with E-state index < -0.39 is 16.3 Å². The summed E-state index contributed by atoms with van der Waals surface area (Å²) in [4.78, 5) is 15.5. The third-order valence-electron chi connectivity index (χ3n) is 5.80. The van der Waals surface area contributed by atoms with E-state index in [-0.39, 0.29) is 5.91 Å². The largest absolute Gasteiger partial charge is 0.492 e. The molecule has 1 heterocycles. The zero-order chi connectivity index (χ0) is 23.8.